The minimum atomic E-state index is -3.70. The van der Waals surface area contributed by atoms with Crippen molar-refractivity contribution in [2.24, 2.45) is 4.40 Å². The summed E-state index contributed by atoms with van der Waals surface area (Å²) < 4.78 is 34.1. The predicted molar refractivity (Wildman–Crippen MR) is 102 cm³/mol. The van der Waals surface area contributed by atoms with E-state index in [0.29, 0.717) is 17.9 Å². The van der Waals surface area contributed by atoms with Crippen molar-refractivity contribution >= 4 is 16.2 Å². The molecule has 0 N–H and O–H groups in total. The second kappa shape index (κ2) is 9.99. The van der Waals surface area contributed by atoms with E-state index in [0.717, 1.165) is 12.8 Å². The van der Waals surface area contributed by atoms with Crippen molar-refractivity contribution in [1.82, 2.24) is 0 Å². The van der Waals surface area contributed by atoms with Crippen molar-refractivity contribution in [3.63, 3.8) is 0 Å². The quantitative estimate of drug-likeness (QED) is 0.450. The van der Waals surface area contributed by atoms with Gasteiger partial charge >= 0.3 is 0 Å². The Morgan fingerprint density at radius 2 is 1.60 bits per heavy atom. The molecule has 0 aromatic heterocycles. The molecule has 0 spiro atoms. The molecule has 4 nitrogen and oxygen atoms in total. The molecule has 0 saturated heterocycles. The van der Waals surface area contributed by atoms with Gasteiger partial charge in [-0.05, 0) is 30.7 Å². The maximum absolute atomic E-state index is 12.2. The Kier molecular flexibility index (Phi) is 7.67. The Balaban J connectivity index is 2.00. The van der Waals surface area contributed by atoms with Crippen LogP contribution in [0, 0.1) is 0 Å². The number of hydrogen-bond acceptors (Lipinski definition) is 3. The number of sulfonamides is 1. The molecule has 0 amide bonds. The fraction of sp³-hybridized carbons (Fsp3) is 0.350. The fourth-order valence-corrected chi connectivity index (χ4v) is 3.26. The third-order valence-corrected chi connectivity index (χ3v) is 5.05. The van der Waals surface area contributed by atoms with Crippen molar-refractivity contribution in [1.29, 1.82) is 0 Å². The molecule has 134 valence electrons. The highest BCUT2D eigenvalue weighted by Crippen LogP contribution is 2.18. The van der Waals surface area contributed by atoms with Gasteiger partial charge in [0.05, 0.1) is 17.7 Å². The Hall–Kier alpha value is -2.14. The molecule has 0 aliphatic rings. The Morgan fingerprint density at radius 1 is 0.920 bits per heavy atom. The second-order valence-corrected chi connectivity index (χ2v) is 7.46. The van der Waals surface area contributed by atoms with Crippen LogP contribution in [-0.4, -0.2) is 21.2 Å². The number of nitrogens with zero attached hydrogens (tertiary/aromatic N) is 1. The minimum absolute atomic E-state index is 0.181. The van der Waals surface area contributed by atoms with Gasteiger partial charge in [-0.15, -0.1) is 0 Å². The Labute approximate surface area is 150 Å². The summed E-state index contributed by atoms with van der Waals surface area (Å²) in [5, 5.41) is 0. The van der Waals surface area contributed by atoms with Crippen LogP contribution in [0.5, 0.6) is 5.75 Å². The number of ether oxygens (including phenoxy) is 1. The van der Waals surface area contributed by atoms with E-state index in [1.165, 1.54) is 37.6 Å². The molecule has 0 heterocycles. The third kappa shape index (κ3) is 6.35. The molecule has 0 saturated carbocycles. The normalized spacial score (nSPS) is 11.7. The molecule has 0 unspecified atom stereocenters. The van der Waals surface area contributed by atoms with E-state index in [4.69, 9.17) is 4.74 Å². The summed E-state index contributed by atoms with van der Waals surface area (Å²) >= 11 is 0. The van der Waals surface area contributed by atoms with Gasteiger partial charge < -0.3 is 4.74 Å². The first-order chi connectivity index (χ1) is 12.1. The van der Waals surface area contributed by atoms with Gasteiger partial charge in [-0.25, -0.2) is 0 Å². The van der Waals surface area contributed by atoms with Gasteiger partial charge in [0, 0.05) is 5.56 Å². The summed E-state index contributed by atoms with van der Waals surface area (Å²) in [6, 6.07) is 15.5. The molecule has 0 aliphatic carbocycles. The summed E-state index contributed by atoms with van der Waals surface area (Å²) in [6.07, 6.45) is 7.18. The lowest BCUT2D eigenvalue weighted by atomic mass is 10.2. The van der Waals surface area contributed by atoms with Gasteiger partial charge in [-0.2, -0.15) is 12.8 Å². The smallest absolute Gasteiger partial charge is 0.282 e. The lowest BCUT2D eigenvalue weighted by molar-refractivity contribution is 0.304. The first-order valence-corrected chi connectivity index (χ1v) is 10.1. The van der Waals surface area contributed by atoms with Crippen LogP contribution in [-0.2, 0) is 10.0 Å². The van der Waals surface area contributed by atoms with E-state index in [1.807, 2.05) is 18.2 Å². The van der Waals surface area contributed by atoms with Crippen molar-refractivity contribution in [3.8, 4) is 5.75 Å². The maximum atomic E-state index is 12.2. The zero-order valence-corrected chi connectivity index (χ0v) is 15.4. The van der Waals surface area contributed by atoms with Gasteiger partial charge in [0.1, 0.15) is 5.75 Å². The van der Waals surface area contributed by atoms with Crippen LogP contribution in [0.3, 0.4) is 0 Å². The maximum Gasteiger partial charge on any atom is 0.282 e. The van der Waals surface area contributed by atoms with Crippen molar-refractivity contribution in [3.05, 3.63) is 60.2 Å². The van der Waals surface area contributed by atoms with Gasteiger partial charge in [-0.3, -0.25) is 0 Å². The predicted octanol–water partition coefficient (Wildman–Crippen LogP) is 4.84. The summed E-state index contributed by atoms with van der Waals surface area (Å²) in [4.78, 5) is 0.181. The molecular formula is C20H25NO3S. The zero-order chi connectivity index (χ0) is 18.0. The molecule has 0 radical (unpaired) electrons. The zero-order valence-electron chi connectivity index (χ0n) is 14.6. The lowest BCUT2D eigenvalue weighted by Gasteiger charge is -2.08. The summed E-state index contributed by atoms with van der Waals surface area (Å²) in [5.41, 5.74) is 0.663. The Bertz CT molecular complexity index is 771. The topological polar surface area (TPSA) is 55.7 Å². The Morgan fingerprint density at radius 3 is 2.36 bits per heavy atom. The molecule has 2 aromatic carbocycles. The van der Waals surface area contributed by atoms with E-state index >= 15 is 0 Å². The SMILES string of the molecule is CCCCCCCOc1ccccc1/C=N\S(=O)(=O)c1ccccc1. The van der Waals surface area contributed by atoms with Crippen LogP contribution in [0.2, 0.25) is 0 Å². The molecular weight excluding hydrogens is 334 g/mol. The summed E-state index contributed by atoms with van der Waals surface area (Å²) in [6.45, 7) is 2.82. The van der Waals surface area contributed by atoms with Crippen LogP contribution in [0.4, 0.5) is 0 Å². The fourth-order valence-electron chi connectivity index (χ4n) is 2.39. The highest BCUT2D eigenvalue weighted by molar-refractivity contribution is 7.90. The third-order valence-electron chi connectivity index (χ3n) is 3.80. The molecule has 25 heavy (non-hydrogen) atoms. The molecule has 0 atom stereocenters. The average molecular weight is 359 g/mol. The summed E-state index contributed by atoms with van der Waals surface area (Å²) in [5.74, 6) is 0.657. The first-order valence-electron chi connectivity index (χ1n) is 8.70. The van der Waals surface area contributed by atoms with Crippen LogP contribution >= 0.6 is 0 Å². The van der Waals surface area contributed by atoms with E-state index in [-0.39, 0.29) is 4.90 Å². The highest BCUT2D eigenvalue weighted by atomic mass is 32.2. The minimum Gasteiger partial charge on any atom is -0.493 e. The van der Waals surface area contributed by atoms with Gasteiger partial charge in [0.25, 0.3) is 10.0 Å². The van der Waals surface area contributed by atoms with Crippen LogP contribution in [0.1, 0.15) is 44.6 Å². The number of unbranched alkanes of at least 4 members (excludes halogenated alkanes) is 4. The van der Waals surface area contributed by atoms with Gasteiger partial charge in [0.2, 0.25) is 0 Å². The number of hydrogen-bond donors (Lipinski definition) is 0. The average Bonchev–Trinajstić information content (AvgIpc) is 2.64. The van der Waals surface area contributed by atoms with E-state index in [1.54, 1.807) is 24.3 Å². The largest absolute Gasteiger partial charge is 0.493 e. The molecule has 2 aromatic rings. The molecule has 2 rings (SSSR count). The second-order valence-electron chi connectivity index (χ2n) is 5.82. The van der Waals surface area contributed by atoms with Crippen molar-refractivity contribution in [2.45, 2.75) is 43.9 Å². The monoisotopic (exact) mass is 359 g/mol. The summed E-state index contributed by atoms with van der Waals surface area (Å²) in [7, 11) is -3.70. The van der Waals surface area contributed by atoms with E-state index in [2.05, 4.69) is 11.3 Å². The lowest BCUT2D eigenvalue weighted by Crippen LogP contribution is -2.01. The number of benzene rings is 2. The van der Waals surface area contributed by atoms with Crippen molar-refractivity contribution in [2.75, 3.05) is 6.61 Å². The van der Waals surface area contributed by atoms with Gasteiger partial charge in [0.15, 0.2) is 0 Å². The molecule has 5 heteroatoms. The number of para-hydroxylation sites is 1. The first kappa shape index (κ1) is 19.2. The molecule has 0 bridgehead atoms. The highest BCUT2D eigenvalue weighted by Gasteiger charge is 2.11. The van der Waals surface area contributed by atoms with Crippen molar-refractivity contribution < 1.29 is 13.2 Å². The van der Waals surface area contributed by atoms with Crippen LogP contribution in [0.15, 0.2) is 63.9 Å². The van der Waals surface area contributed by atoms with E-state index in [9.17, 15) is 8.42 Å². The standard InChI is InChI=1S/C20H25NO3S/c1-2-3-4-5-11-16-24-20-15-10-9-12-18(20)17-21-25(22,23)19-13-7-6-8-14-19/h6-10,12-15,17H,2-5,11,16H2,1H3/b21-17-. The van der Waals surface area contributed by atoms with E-state index < -0.39 is 10.0 Å². The van der Waals surface area contributed by atoms with Gasteiger partial charge in [-0.1, -0.05) is 62.9 Å². The number of rotatable bonds is 10. The molecule has 0 fully saturated rings. The molecule has 0 aliphatic heterocycles. The van der Waals surface area contributed by atoms with Crippen LogP contribution < -0.4 is 4.74 Å². The van der Waals surface area contributed by atoms with Crippen LogP contribution in [0.25, 0.3) is 0 Å².